The molecule has 40 heavy (non-hydrogen) atoms. The molecule has 0 heterocycles. The van der Waals surface area contributed by atoms with Gasteiger partial charge in [0.25, 0.3) is 0 Å². The summed E-state index contributed by atoms with van der Waals surface area (Å²) in [4.78, 5) is 25.8. The number of ether oxygens (including phenoxy) is 1. The second kappa shape index (κ2) is 17.3. The summed E-state index contributed by atoms with van der Waals surface area (Å²) in [7, 11) is 0. The largest absolute Gasteiger partial charge is 0.482 e. The highest BCUT2D eigenvalue weighted by atomic mass is 16.5. The Morgan fingerprint density at radius 2 is 1.45 bits per heavy atom. The fourth-order valence-electron chi connectivity index (χ4n) is 4.18. The maximum absolute atomic E-state index is 13.2. The van der Waals surface area contributed by atoms with Crippen molar-refractivity contribution in [1.82, 2.24) is 4.90 Å². The number of hydrogen-bond acceptors (Lipinski definition) is 3. The van der Waals surface area contributed by atoms with E-state index >= 15 is 0 Å². The first-order valence-electron chi connectivity index (χ1n) is 14.1. The lowest BCUT2D eigenvalue weighted by Crippen LogP contribution is -2.28. The molecule has 5 nitrogen and oxygen atoms in total. The molecule has 0 fully saturated rings. The highest BCUT2D eigenvalue weighted by Gasteiger charge is 2.13. The van der Waals surface area contributed by atoms with E-state index in [1.807, 2.05) is 72.8 Å². The summed E-state index contributed by atoms with van der Waals surface area (Å²) < 4.78 is 5.23. The lowest BCUT2D eigenvalue weighted by molar-refractivity contribution is -0.139. The van der Waals surface area contributed by atoms with Gasteiger partial charge in [-0.05, 0) is 53.5 Å². The number of hydrogen-bond donors (Lipinski definition) is 1. The first kappa shape index (κ1) is 30.2. The molecule has 0 aromatic heterocycles. The molecule has 3 aromatic rings. The van der Waals surface area contributed by atoms with Crippen molar-refractivity contribution in [1.29, 1.82) is 0 Å². The molecule has 0 aliphatic carbocycles. The Labute approximate surface area is 238 Å². The lowest BCUT2D eigenvalue weighted by atomic mass is 10.1. The van der Waals surface area contributed by atoms with Gasteiger partial charge in [0.15, 0.2) is 6.61 Å². The van der Waals surface area contributed by atoms with E-state index in [1.54, 1.807) is 23.1 Å². The highest BCUT2D eigenvalue weighted by Crippen LogP contribution is 2.17. The number of carbonyl (C=O) groups is 2. The SMILES string of the molecule is CCCCCCCCC#Cc1ccc(CN(Cc2ccc(OCC(=O)O)cc2)C(=O)/C=C/c2ccccc2)cc1. The van der Waals surface area contributed by atoms with Gasteiger partial charge < -0.3 is 14.7 Å². The van der Waals surface area contributed by atoms with Crippen molar-refractivity contribution in [3.05, 3.63) is 107 Å². The zero-order chi connectivity index (χ0) is 28.4. The number of carboxylic acids is 1. The number of unbranched alkanes of at least 4 members (excludes halogenated alkanes) is 6. The molecule has 0 saturated carbocycles. The topological polar surface area (TPSA) is 66.8 Å². The molecule has 0 radical (unpaired) electrons. The maximum Gasteiger partial charge on any atom is 0.341 e. The van der Waals surface area contributed by atoms with Crippen LogP contribution in [-0.2, 0) is 22.7 Å². The van der Waals surface area contributed by atoms with Gasteiger partial charge in [-0.25, -0.2) is 4.79 Å². The fourth-order valence-corrected chi connectivity index (χ4v) is 4.18. The Kier molecular flexibility index (Phi) is 13.1. The molecule has 208 valence electrons. The first-order valence-corrected chi connectivity index (χ1v) is 14.1. The van der Waals surface area contributed by atoms with Gasteiger partial charge in [0.2, 0.25) is 5.91 Å². The van der Waals surface area contributed by atoms with Crippen LogP contribution in [-0.4, -0.2) is 28.5 Å². The van der Waals surface area contributed by atoms with Crippen molar-refractivity contribution >= 4 is 18.0 Å². The Bertz CT molecular complexity index is 1270. The summed E-state index contributed by atoms with van der Waals surface area (Å²) in [5, 5.41) is 8.81. The van der Waals surface area contributed by atoms with E-state index in [-0.39, 0.29) is 5.91 Å². The van der Waals surface area contributed by atoms with Crippen molar-refractivity contribution in [3.63, 3.8) is 0 Å². The number of aliphatic carboxylic acids is 1. The van der Waals surface area contributed by atoms with Crippen LogP contribution in [0.2, 0.25) is 0 Å². The molecule has 0 atom stereocenters. The molecule has 0 saturated heterocycles. The lowest BCUT2D eigenvalue weighted by Gasteiger charge is -2.22. The van der Waals surface area contributed by atoms with Gasteiger partial charge in [0, 0.05) is 31.1 Å². The van der Waals surface area contributed by atoms with Gasteiger partial charge >= 0.3 is 5.97 Å². The van der Waals surface area contributed by atoms with E-state index in [9.17, 15) is 9.59 Å². The minimum absolute atomic E-state index is 0.0992. The molecule has 5 heteroatoms. The summed E-state index contributed by atoms with van der Waals surface area (Å²) in [6.07, 6.45) is 11.9. The van der Waals surface area contributed by atoms with E-state index in [4.69, 9.17) is 9.84 Å². The monoisotopic (exact) mass is 537 g/mol. The van der Waals surface area contributed by atoms with Gasteiger partial charge in [-0.2, -0.15) is 0 Å². The number of rotatable bonds is 15. The molecule has 0 bridgehead atoms. The fraction of sp³-hybridized carbons (Fsp3) is 0.314. The van der Waals surface area contributed by atoms with E-state index in [2.05, 4.69) is 18.8 Å². The number of amides is 1. The van der Waals surface area contributed by atoms with E-state index in [1.165, 1.54) is 32.1 Å². The molecule has 1 amide bonds. The number of carbonyl (C=O) groups excluding carboxylic acids is 1. The van der Waals surface area contributed by atoms with Crippen LogP contribution in [0.4, 0.5) is 0 Å². The molecular formula is C35H39NO4. The molecule has 1 N–H and O–H groups in total. The van der Waals surface area contributed by atoms with Crippen molar-refractivity contribution < 1.29 is 19.4 Å². The van der Waals surface area contributed by atoms with Crippen molar-refractivity contribution in [2.24, 2.45) is 0 Å². The molecule has 3 aromatic carbocycles. The predicted molar refractivity (Wildman–Crippen MR) is 161 cm³/mol. The van der Waals surface area contributed by atoms with Crippen LogP contribution in [0, 0.1) is 11.8 Å². The number of carboxylic acid groups (broad SMARTS) is 1. The Hall–Kier alpha value is -4.30. The van der Waals surface area contributed by atoms with Gasteiger partial charge in [-0.1, -0.05) is 105 Å². The van der Waals surface area contributed by atoms with Gasteiger partial charge in [-0.3, -0.25) is 4.79 Å². The van der Waals surface area contributed by atoms with Crippen LogP contribution in [0.5, 0.6) is 5.75 Å². The second-order valence-corrected chi connectivity index (χ2v) is 9.78. The second-order valence-electron chi connectivity index (χ2n) is 9.78. The molecule has 3 rings (SSSR count). The first-order chi connectivity index (χ1) is 19.5. The predicted octanol–water partition coefficient (Wildman–Crippen LogP) is 7.49. The average Bonchev–Trinajstić information content (AvgIpc) is 2.98. The van der Waals surface area contributed by atoms with Crippen molar-refractivity contribution in [3.8, 4) is 17.6 Å². The van der Waals surface area contributed by atoms with Crippen LogP contribution in [0.3, 0.4) is 0 Å². The Morgan fingerprint density at radius 3 is 2.10 bits per heavy atom. The quantitative estimate of drug-likeness (QED) is 0.124. The third kappa shape index (κ3) is 11.6. The van der Waals surface area contributed by atoms with Crippen LogP contribution < -0.4 is 4.74 Å². The van der Waals surface area contributed by atoms with Gasteiger partial charge in [0.05, 0.1) is 0 Å². The average molecular weight is 538 g/mol. The highest BCUT2D eigenvalue weighted by molar-refractivity contribution is 5.91. The molecule has 0 unspecified atom stereocenters. The standard InChI is InChI=1S/C35H39NO4/c1-2-3-4-5-6-7-8-10-15-30-16-18-31(19-17-30)26-36(34(37)25-22-29-13-11-9-12-14-29)27-32-20-23-33(24-21-32)40-28-35(38)39/h9,11-14,16-25H,2-8,26-28H2,1H3,(H,38,39)/b25-22+. The smallest absolute Gasteiger partial charge is 0.341 e. The minimum atomic E-state index is -1.03. The molecule has 0 aliphatic rings. The Balaban J connectivity index is 1.63. The van der Waals surface area contributed by atoms with Crippen molar-refractivity contribution in [2.75, 3.05) is 6.61 Å². The normalized spacial score (nSPS) is 10.6. The molecular weight excluding hydrogens is 498 g/mol. The van der Waals surface area contributed by atoms with Gasteiger partial charge in [0.1, 0.15) is 5.75 Å². The zero-order valence-electron chi connectivity index (χ0n) is 23.4. The van der Waals surface area contributed by atoms with Crippen LogP contribution >= 0.6 is 0 Å². The van der Waals surface area contributed by atoms with Gasteiger partial charge in [-0.15, -0.1) is 0 Å². The van der Waals surface area contributed by atoms with Crippen LogP contribution in [0.25, 0.3) is 6.08 Å². The number of benzene rings is 3. The summed E-state index contributed by atoms with van der Waals surface area (Å²) in [6, 6.07) is 25.0. The zero-order valence-corrected chi connectivity index (χ0v) is 23.4. The van der Waals surface area contributed by atoms with E-state index in [0.717, 1.165) is 35.1 Å². The van der Waals surface area contributed by atoms with Crippen molar-refractivity contribution in [2.45, 2.75) is 65.0 Å². The van der Waals surface area contributed by atoms with Crippen LogP contribution in [0.15, 0.2) is 84.9 Å². The Morgan fingerprint density at radius 1 is 0.825 bits per heavy atom. The molecule has 0 spiro atoms. The third-order valence-electron chi connectivity index (χ3n) is 6.40. The molecule has 0 aliphatic heterocycles. The summed E-state index contributed by atoms with van der Waals surface area (Å²) in [5.41, 5.74) is 3.87. The number of nitrogens with zero attached hydrogens (tertiary/aromatic N) is 1. The third-order valence-corrected chi connectivity index (χ3v) is 6.40. The summed E-state index contributed by atoms with van der Waals surface area (Å²) >= 11 is 0. The summed E-state index contributed by atoms with van der Waals surface area (Å²) in [5.74, 6) is 5.90. The van der Waals surface area contributed by atoms with E-state index in [0.29, 0.717) is 18.8 Å². The van der Waals surface area contributed by atoms with Crippen LogP contribution in [0.1, 0.15) is 74.1 Å². The summed E-state index contributed by atoms with van der Waals surface area (Å²) in [6.45, 7) is 2.68. The van der Waals surface area contributed by atoms with E-state index < -0.39 is 12.6 Å². The minimum Gasteiger partial charge on any atom is -0.482 e. The maximum atomic E-state index is 13.2.